The molecule has 0 radical (unpaired) electrons. The van der Waals surface area contributed by atoms with Gasteiger partial charge in [-0.2, -0.15) is 0 Å². The molecule has 92 valence electrons. The molecule has 17 heavy (non-hydrogen) atoms. The first-order valence-electron chi connectivity index (χ1n) is 6.08. The predicted octanol–water partition coefficient (Wildman–Crippen LogP) is 2.84. The number of ketones is 1. The molecule has 1 aromatic rings. The molecule has 2 rings (SSSR count). The van der Waals surface area contributed by atoms with Crippen molar-refractivity contribution >= 4 is 5.78 Å². The molecule has 3 heteroatoms. The number of carbonyl (C=O) groups excluding carboxylic acids is 1. The number of benzene rings is 1. The second-order valence-electron chi connectivity index (χ2n) is 4.34. The molecule has 1 unspecified atom stereocenters. The van der Waals surface area contributed by atoms with Crippen LogP contribution in [-0.2, 0) is 4.74 Å². The van der Waals surface area contributed by atoms with E-state index >= 15 is 0 Å². The standard InChI is InChI=1S/C14H18O3/c1-3-13(16-2)14(15)10-5-4-6-12(9-10)17-11-7-8-11/h4-6,9,11,13H,3,7-8H2,1-2H3. The Morgan fingerprint density at radius 2 is 2.24 bits per heavy atom. The van der Waals surface area contributed by atoms with Crippen molar-refractivity contribution < 1.29 is 14.3 Å². The smallest absolute Gasteiger partial charge is 0.191 e. The van der Waals surface area contributed by atoms with Crippen molar-refractivity contribution in [2.45, 2.75) is 38.4 Å². The zero-order valence-corrected chi connectivity index (χ0v) is 10.3. The third kappa shape index (κ3) is 3.07. The van der Waals surface area contributed by atoms with Gasteiger partial charge in [-0.1, -0.05) is 19.1 Å². The summed E-state index contributed by atoms with van der Waals surface area (Å²) in [6.45, 7) is 1.94. The number of carbonyl (C=O) groups is 1. The van der Waals surface area contributed by atoms with Gasteiger partial charge >= 0.3 is 0 Å². The van der Waals surface area contributed by atoms with Crippen LogP contribution < -0.4 is 4.74 Å². The number of rotatable bonds is 6. The molecule has 0 bridgehead atoms. The Kier molecular flexibility index (Phi) is 3.79. The number of ether oxygens (including phenoxy) is 2. The van der Waals surface area contributed by atoms with Gasteiger partial charge < -0.3 is 9.47 Å². The van der Waals surface area contributed by atoms with Crippen LogP contribution in [0.25, 0.3) is 0 Å². The Morgan fingerprint density at radius 3 is 2.82 bits per heavy atom. The molecule has 1 aromatic carbocycles. The van der Waals surface area contributed by atoms with E-state index < -0.39 is 0 Å². The van der Waals surface area contributed by atoms with E-state index in [-0.39, 0.29) is 11.9 Å². The maximum absolute atomic E-state index is 12.1. The lowest BCUT2D eigenvalue weighted by Crippen LogP contribution is -2.22. The third-order valence-electron chi connectivity index (χ3n) is 2.89. The van der Waals surface area contributed by atoms with E-state index in [1.807, 2.05) is 31.2 Å². The van der Waals surface area contributed by atoms with Crippen molar-refractivity contribution in [2.24, 2.45) is 0 Å². The zero-order valence-electron chi connectivity index (χ0n) is 10.3. The Morgan fingerprint density at radius 1 is 1.47 bits per heavy atom. The average molecular weight is 234 g/mol. The van der Waals surface area contributed by atoms with Crippen LogP contribution in [-0.4, -0.2) is 25.1 Å². The van der Waals surface area contributed by atoms with Crippen LogP contribution in [0.4, 0.5) is 0 Å². The molecule has 0 N–H and O–H groups in total. The second-order valence-corrected chi connectivity index (χ2v) is 4.34. The lowest BCUT2D eigenvalue weighted by Gasteiger charge is -2.12. The Labute approximate surface area is 102 Å². The lowest BCUT2D eigenvalue weighted by molar-refractivity contribution is 0.0595. The molecule has 1 aliphatic rings. The Bertz CT molecular complexity index is 392. The largest absolute Gasteiger partial charge is 0.490 e. The first kappa shape index (κ1) is 12.1. The summed E-state index contributed by atoms with van der Waals surface area (Å²) >= 11 is 0. The number of hydrogen-bond acceptors (Lipinski definition) is 3. The summed E-state index contributed by atoms with van der Waals surface area (Å²) in [6.07, 6.45) is 2.92. The fourth-order valence-electron chi connectivity index (χ4n) is 1.75. The molecule has 0 aliphatic heterocycles. The minimum Gasteiger partial charge on any atom is -0.490 e. The second kappa shape index (κ2) is 5.32. The van der Waals surface area contributed by atoms with Crippen LogP contribution in [0.3, 0.4) is 0 Å². The zero-order chi connectivity index (χ0) is 12.3. The molecular weight excluding hydrogens is 216 g/mol. The molecule has 0 amide bonds. The van der Waals surface area contributed by atoms with E-state index in [4.69, 9.17) is 9.47 Å². The van der Waals surface area contributed by atoms with Gasteiger partial charge in [-0.05, 0) is 31.4 Å². The molecular formula is C14H18O3. The fourth-order valence-corrected chi connectivity index (χ4v) is 1.75. The highest BCUT2D eigenvalue weighted by Gasteiger charge is 2.24. The van der Waals surface area contributed by atoms with Crippen molar-refractivity contribution in [2.75, 3.05) is 7.11 Å². The van der Waals surface area contributed by atoms with Gasteiger partial charge in [0.15, 0.2) is 5.78 Å². The number of Topliss-reactive ketones (excluding diaryl/α,β-unsaturated/α-hetero) is 1. The summed E-state index contributed by atoms with van der Waals surface area (Å²) in [6, 6.07) is 7.36. The topological polar surface area (TPSA) is 35.5 Å². The summed E-state index contributed by atoms with van der Waals surface area (Å²) in [7, 11) is 1.57. The highest BCUT2D eigenvalue weighted by molar-refractivity contribution is 5.99. The summed E-state index contributed by atoms with van der Waals surface area (Å²) < 4.78 is 10.8. The SMILES string of the molecule is CCC(OC)C(=O)c1cccc(OC2CC2)c1. The Hall–Kier alpha value is -1.35. The lowest BCUT2D eigenvalue weighted by atomic mass is 10.0. The number of methoxy groups -OCH3 is 1. The van der Waals surface area contributed by atoms with Gasteiger partial charge in [0.25, 0.3) is 0 Å². The van der Waals surface area contributed by atoms with Gasteiger partial charge in [-0.3, -0.25) is 4.79 Å². The van der Waals surface area contributed by atoms with Crippen LogP contribution in [0.2, 0.25) is 0 Å². The van der Waals surface area contributed by atoms with E-state index in [9.17, 15) is 4.79 Å². The molecule has 0 heterocycles. The Balaban J connectivity index is 2.10. The first-order valence-corrected chi connectivity index (χ1v) is 6.08. The van der Waals surface area contributed by atoms with Crippen LogP contribution in [0.15, 0.2) is 24.3 Å². The minimum absolute atomic E-state index is 0.0243. The van der Waals surface area contributed by atoms with Crippen LogP contribution in [0, 0.1) is 0 Å². The maximum atomic E-state index is 12.1. The molecule has 1 atom stereocenters. The molecule has 0 saturated heterocycles. The van der Waals surface area contributed by atoms with Gasteiger partial charge in [-0.15, -0.1) is 0 Å². The average Bonchev–Trinajstić information content (AvgIpc) is 3.15. The molecule has 1 aliphatic carbocycles. The molecule has 0 aromatic heterocycles. The van der Waals surface area contributed by atoms with Crippen LogP contribution >= 0.6 is 0 Å². The molecule has 3 nitrogen and oxygen atoms in total. The third-order valence-corrected chi connectivity index (χ3v) is 2.89. The van der Waals surface area contributed by atoms with Crippen molar-refractivity contribution in [1.82, 2.24) is 0 Å². The minimum atomic E-state index is -0.355. The normalized spacial score (nSPS) is 16.6. The van der Waals surface area contributed by atoms with E-state index in [1.54, 1.807) is 7.11 Å². The van der Waals surface area contributed by atoms with Gasteiger partial charge in [0.05, 0.1) is 6.10 Å². The summed E-state index contributed by atoms with van der Waals surface area (Å²) in [5.74, 6) is 0.806. The van der Waals surface area contributed by atoms with Crippen molar-refractivity contribution in [1.29, 1.82) is 0 Å². The van der Waals surface area contributed by atoms with Crippen molar-refractivity contribution in [3.8, 4) is 5.75 Å². The fraction of sp³-hybridized carbons (Fsp3) is 0.500. The van der Waals surface area contributed by atoms with Crippen molar-refractivity contribution in [3.63, 3.8) is 0 Å². The van der Waals surface area contributed by atoms with E-state index in [2.05, 4.69) is 0 Å². The highest BCUT2D eigenvalue weighted by atomic mass is 16.5. The highest BCUT2D eigenvalue weighted by Crippen LogP contribution is 2.27. The first-order chi connectivity index (χ1) is 8.24. The quantitative estimate of drug-likeness (QED) is 0.710. The van der Waals surface area contributed by atoms with Gasteiger partial charge in [-0.25, -0.2) is 0 Å². The molecule has 1 saturated carbocycles. The number of hydrogen-bond donors (Lipinski definition) is 0. The predicted molar refractivity (Wildman–Crippen MR) is 65.5 cm³/mol. The summed E-state index contributed by atoms with van der Waals surface area (Å²) in [5, 5.41) is 0. The van der Waals surface area contributed by atoms with E-state index in [1.165, 1.54) is 0 Å². The van der Waals surface area contributed by atoms with Crippen LogP contribution in [0.1, 0.15) is 36.5 Å². The molecule has 1 fully saturated rings. The van der Waals surface area contributed by atoms with Gasteiger partial charge in [0.1, 0.15) is 11.9 Å². The maximum Gasteiger partial charge on any atom is 0.191 e. The monoisotopic (exact) mass is 234 g/mol. The van der Waals surface area contributed by atoms with Crippen molar-refractivity contribution in [3.05, 3.63) is 29.8 Å². The van der Waals surface area contributed by atoms with Gasteiger partial charge in [0.2, 0.25) is 0 Å². The summed E-state index contributed by atoms with van der Waals surface area (Å²) in [4.78, 5) is 12.1. The van der Waals surface area contributed by atoms with E-state index in [0.717, 1.165) is 18.6 Å². The van der Waals surface area contributed by atoms with Gasteiger partial charge in [0, 0.05) is 12.7 Å². The molecule has 0 spiro atoms. The summed E-state index contributed by atoms with van der Waals surface area (Å²) in [5.41, 5.74) is 0.664. The van der Waals surface area contributed by atoms with E-state index in [0.29, 0.717) is 18.1 Å². The van der Waals surface area contributed by atoms with Crippen LogP contribution in [0.5, 0.6) is 5.75 Å².